The average Bonchev–Trinajstić information content (AvgIpc) is 2.63. The molecule has 25 heavy (non-hydrogen) atoms. The molecule has 0 saturated carbocycles. The van der Waals surface area contributed by atoms with Gasteiger partial charge in [0.25, 0.3) is 5.69 Å². The number of benzene rings is 2. The lowest BCUT2D eigenvalue weighted by atomic mass is 10.1. The molecule has 0 radical (unpaired) electrons. The van der Waals surface area contributed by atoms with Crippen LogP contribution in [0.25, 0.3) is 0 Å². The van der Waals surface area contributed by atoms with E-state index in [1.165, 1.54) is 17.7 Å². The zero-order valence-corrected chi connectivity index (χ0v) is 14.1. The highest BCUT2D eigenvalue weighted by Gasteiger charge is 2.04. The normalized spacial score (nSPS) is 10.2. The van der Waals surface area contributed by atoms with Crippen LogP contribution in [0.2, 0.25) is 0 Å². The quantitative estimate of drug-likeness (QED) is 0.393. The molecule has 0 aliphatic carbocycles. The van der Waals surface area contributed by atoms with Crippen LogP contribution < -0.4 is 10.6 Å². The van der Waals surface area contributed by atoms with Crippen LogP contribution in [0.15, 0.2) is 54.6 Å². The van der Waals surface area contributed by atoms with Crippen molar-refractivity contribution in [1.82, 2.24) is 5.32 Å². The number of nitrogens with one attached hydrogen (secondary N) is 2. The molecule has 6 heteroatoms. The molecule has 0 unspecified atom stereocenters. The van der Waals surface area contributed by atoms with E-state index < -0.39 is 4.92 Å². The van der Waals surface area contributed by atoms with Gasteiger partial charge in [-0.1, -0.05) is 30.3 Å². The van der Waals surface area contributed by atoms with Crippen molar-refractivity contribution < 1.29 is 9.72 Å². The van der Waals surface area contributed by atoms with Gasteiger partial charge in [0.1, 0.15) is 0 Å². The highest BCUT2D eigenvalue weighted by molar-refractivity contribution is 5.75. The van der Waals surface area contributed by atoms with Gasteiger partial charge in [0.2, 0.25) is 5.91 Å². The molecule has 0 heterocycles. The SMILES string of the molecule is O=C(CCCNc1ccc([N+](=O)[O-])cc1)NCCCc1ccccc1. The summed E-state index contributed by atoms with van der Waals surface area (Å²) in [5, 5.41) is 16.7. The Kier molecular flexibility index (Phi) is 7.43. The molecular weight excluding hydrogens is 318 g/mol. The molecule has 0 fully saturated rings. The largest absolute Gasteiger partial charge is 0.385 e. The van der Waals surface area contributed by atoms with E-state index in [1.807, 2.05) is 18.2 Å². The van der Waals surface area contributed by atoms with Crippen molar-refractivity contribution in [3.05, 3.63) is 70.3 Å². The first kappa shape index (κ1) is 18.4. The smallest absolute Gasteiger partial charge is 0.269 e. The van der Waals surface area contributed by atoms with E-state index in [-0.39, 0.29) is 11.6 Å². The van der Waals surface area contributed by atoms with Gasteiger partial charge in [-0.15, -0.1) is 0 Å². The molecular formula is C19H23N3O3. The minimum absolute atomic E-state index is 0.0542. The van der Waals surface area contributed by atoms with Crippen LogP contribution >= 0.6 is 0 Å². The highest BCUT2D eigenvalue weighted by Crippen LogP contribution is 2.15. The summed E-state index contributed by atoms with van der Waals surface area (Å²) in [5.74, 6) is 0.0542. The van der Waals surface area contributed by atoms with E-state index in [0.29, 0.717) is 25.9 Å². The monoisotopic (exact) mass is 341 g/mol. The molecule has 0 bridgehead atoms. The van der Waals surface area contributed by atoms with E-state index >= 15 is 0 Å². The number of carbonyl (C=O) groups is 1. The van der Waals surface area contributed by atoms with Crippen molar-refractivity contribution in [2.45, 2.75) is 25.7 Å². The van der Waals surface area contributed by atoms with Crippen molar-refractivity contribution in [2.24, 2.45) is 0 Å². The molecule has 0 saturated heterocycles. The number of nitrogens with zero attached hydrogens (tertiary/aromatic N) is 1. The van der Waals surface area contributed by atoms with E-state index in [4.69, 9.17) is 0 Å². The maximum Gasteiger partial charge on any atom is 0.269 e. The fraction of sp³-hybridized carbons (Fsp3) is 0.316. The Hall–Kier alpha value is -2.89. The lowest BCUT2D eigenvalue weighted by Gasteiger charge is -2.07. The Morgan fingerprint density at radius 1 is 0.960 bits per heavy atom. The summed E-state index contributed by atoms with van der Waals surface area (Å²) in [6.07, 6.45) is 3.06. The Morgan fingerprint density at radius 2 is 1.68 bits per heavy atom. The van der Waals surface area contributed by atoms with Gasteiger partial charge in [-0.2, -0.15) is 0 Å². The van der Waals surface area contributed by atoms with E-state index in [1.54, 1.807) is 12.1 Å². The lowest BCUT2D eigenvalue weighted by molar-refractivity contribution is -0.384. The first-order chi connectivity index (χ1) is 12.1. The number of hydrogen-bond acceptors (Lipinski definition) is 4. The van der Waals surface area contributed by atoms with Crippen LogP contribution in [0, 0.1) is 10.1 Å². The summed E-state index contributed by atoms with van der Waals surface area (Å²) >= 11 is 0. The van der Waals surface area contributed by atoms with Gasteiger partial charge in [-0.25, -0.2) is 0 Å². The Labute approximate surface area is 147 Å². The standard InChI is InChI=1S/C19H23N3O3/c23-19(21-15-4-8-16-6-2-1-3-7-16)9-5-14-20-17-10-12-18(13-11-17)22(24)25/h1-3,6-7,10-13,20H,4-5,8-9,14-15H2,(H,21,23). The van der Waals surface area contributed by atoms with Crippen molar-refractivity contribution in [3.8, 4) is 0 Å². The van der Waals surface area contributed by atoms with Crippen LogP contribution in [-0.4, -0.2) is 23.9 Å². The molecule has 2 N–H and O–H groups in total. The summed E-state index contributed by atoms with van der Waals surface area (Å²) < 4.78 is 0. The summed E-state index contributed by atoms with van der Waals surface area (Å²) in [6.45, 7) is 1.33. The molecule has 132 valence electrons. The number of non-ortho nitro benzene ring substituents is 1. The van der Waals surface area contributed by atoms with Crippen LogP contribution in [0.4, 0.5) is 11.4 Å². The lowest BCUT2D eigenvalue weighted by Crippen LogP contribution is -2.25. The van der Waals surface area contributed by atoms with Crippen LogP contribution in [0.1, 0.15) is 24.8 Å². The number of amides is 1. The summed E-state index contributed by atoms with van der Waals surface area (Å²) in [5.41, 5.74) is 2.17. The Balaban J connectivity index is 1.54. The van der Waals surface area contributed by atoms with Gasteiger partial charge in [0, 0.05) is 37.3 Å². The van der Waals surface area contributed by atoms with E-state index in [0.717, 1.165) is 18.5 Å². The molecule has 6 nitrogen and oxygen atoms in total. The molecule has 1 amide bonds. The van der Waals surface area contributed by atoms with Crippen molar-refractivity contribution in [3.63, 3.8) is 0 Å². The maximum atomic E-state index is 11.8. The summed E-state index contributed by atoms with van der Waals surface area (Å²) in [7, 11) is 0. The predicted octanol–water partition coefficient (Wildman–Crippen LogP) is 3.54. The van der Waals surface area contributed by atoms with Gasteiger partial charge < -0.3 is 10.6 Å². The molecule has 0 aliphatic rings. The minimum Gasteiger partial charge on any atom is -0.385 e. The van der Waals surface area contributed by atoms with E-state index in [9.17, 15) is 14.9 Å². The molecule has 0 aliphatic heterocycles. The van der Waals surface area contributed by atoms with Gasteiger partial charge in [-0.3, -0.25) is 14.9 Å². The van der Waals surface area contributed by atoms with Gasteiger partial charge in [-0.05, 0) is 37.0 Å². The van der Waals surface area contributed by atoms with Crippen LogP contribution in [0.5, 0.6) is 0 Å². The number of aryl methyl sites for hydroxylation is 1. The maximum absolute atomic E-state index is 11.8. The second kappa shape index (κ2) is 10.1. The molecule has 0 spiro atoms. The highest BCUT2D eigenvalue weighted by atomic mass is 16.6. The molecule has 2 aromatic rings. The second-order valence-corrected chi connectivity index (χ2v) is 5.77. The average molecular weight is 341 g/mol. The second-order valence-electron chi connectivity index (χ2n) is 5.77. The summed E-state index contributed by atoms with van der Waals surface area (Å²) in [4.78, 5) is 21.9. The first-order valence-electron chi connectivity index (χ1n) is 8.44. The summed E-state index contributed by atoms with van der Waals surface area (Å²) in [6, 6.07) is 16.5. The zero-order valence-electron chi connectivity index (χ0n) is 14.1. The fourth-order valence-corrected chi connectivity index (χ4v) is 2.44. The van der Waals surface area contributed by atoms with Crippen LogP contribution in [0.3, 0.4) is 0 Å². The van der Waals surface area contributed by atoms with Crippen molar-refractivity contribution >= 4 is 17.3 Å². The molecule has 0 atom stereocenters. The first-order valence-corrected chi connectivity index (χ1v) is 8.44. The molecule has 2 rings (SSSR count). The number of anilines is 1. The van der Waals surface area contributed by atoms with Crippen molar-refractivity contribution in [2.75, 3.05) is 18.4 Å². The molecule has 0 aromatic heterocycles. The van der Waals surface area contributed by atoms with E-state index in [2.05, 4.69) is 22.8 Å². The third kappa shape index (κ3) is 7.03. The number of rotatable bonds is 10. The number of nitro groups is 1. The number of hydrogen-bond donors (Lipinski definition) is 2. The number of carbonyl (C=O) groups excluding carboxylic acids is 1. The Morgan fingerprint density at radius 3 is 2.36 bits per heavy atom. The third-order valence-corrected chi connectivity index (χ3v) is 3.80. The third-order valence-electron chi connectivity index (χ3n) is 3.80. The zero-order chi connectivity index (χ0) is 17.9. The van der Waals surface area contributed by atoms with Crippen LogP contribution in [-0.2, 0) is 11.2 Å². The Bertz CT molecular complexity index is 672. The topological polar surface area (TPSA) is 84.3 Å². The molecule has 2 aromatic carbocycles. The van der Waals surface area contributed by atoms with Gasteiger partial charge in [0.15, 0.2) is 0 Å². The predicted molar refractivity (Wildman–Crippen MR) is 98.6 cm³/mol. The van der Waals surface area contributed by atoms with Gasteiger partial charge >= 0.3 is 0 Å². The van der Waals surface area contributed by atoms with Crippen molar-refractivity contribution in [1.29, 1.82) is 0 Å². The van der Waals surface area contributed by atoms with Gasteiger partial charge in [0.05, 0.1) is 4.92 Å². The fourth-order valence-electron chi connectivity index (χ4n) is 2.44. The minimum atomic E-state index is -0.425. The number of nitro benzene ring substituents is 1.